The van der Waals surface area contributed by atoms with Gasteiger partial charge in [0.2, 0.25) is 0 Å². The molecule has 5 rings (SSSR count). The summed E-state index contributed by atoms with van der Waals surface area (Å²) in [5, 5.41) is 10.9. The molecule has 29 heavy (non-hydrogen) atoms. The highest BCUT2D eigenvalue weighted by Gasteiger charge is 2.43. The maximum Gasteiger partial charge on any atom is 0.339 e. The Morgan fingerprint density at radius 3 is 2.66 bits per heavy atom. The number of carbonyl (C=O) groups is 1. The van der Waals surface area contributed by atoms with Gasteiger partial charge in [0, 0.05) is 19.3 Å². The number of imidazole rings is 1. The molecule has 1 saturated carbocycles. The van der Waals surface area contributed by atoms with Gasteiger partial charge in [0.15, 0.2) is 0 Å². The average molecular weight is 392 g/mol. The molecule has 0 amide bonds. The summed E-state index contributed by atoms with van der Waals surface area (Å²) >= 11 is 0. The van der Waals surface area contributed by atoms with E-state index in [1.807, 2.05) is 30.6 Å². The molecule has 2 fully saturated rings. The molecule has 3 aromatic rings. The fraction of sp³-hybridized carbons (Fsp3) is 0.409. The van der Waals surface area contributed by atoms with Gasteiger partial charge in [-0.15, -0.1) is 0 Å². The molecule has 150 valence electrons. The number of nitrogens with zero attached hydrogens (tertiary/aromatic N) is 4. The molecule has 2 aromatic heterocycles. The van der Waals surface area contributed by atoms with E-state index in [2.05, 4.69) is 25.5 Å². The Morgan fingerprint density at radius 1 is 1.10 bits per heavy atom. The summed E-state index contributed by atoms with van der Waals surface area (Å²) in [7, 11) is 1.37. The highest BCUT2D eigenvalue weighted by atomic mass is 16.5. The van der Waals surface area contributed by atoms with E-state index in [4.69, 9.17) is 4.74 Å². The standard InChI is InChI=1S/C22H24N4O3/c1-29-22(28)14-6-7-21(23-10-14)25-11-15-8-19(20(27)9-16(15)12-25)26-13-24-17-4-2-3-5-18(17)26/h2-7,10,13,15-16,19-20,27H,8-9,11-12H2,1H3/t15-,16+,19-,20-/m1/s1. The Labute approximate surface area is 168 Å². The van der Waals surface area contributed by atoms with Crippen LogP contribution in [0.5, 0.6) is 0 Å². The van der Waals surface area contributed by atoms with Crippen LogP contribution < -0.4 is 4.90 Å². The van der Waals surface area contributed by atoms with Crippen molar-refractivity contribution < 1.29 is 14.6 Å². The van der Waals surface area contributed by atoms with Gasteiger partial charge in [-0.3, -0.25) is 0 Å². The number of aliphatic hydroxyl groups is 1. The van der Waals surface area contributed by atoms with E-state index >= 15 is 0 Å². The summed E-state index contributed by atoms with van der Waals surface area (Å²) < 4.78 is 6.88. The van der Waals surface area contributed by atoms with Crippen LogP contribution >= 0.6 is 0 Å². The maximum absolute atomic E-state index is 11.6. The quantitative estimate of drug-likeness (QED) is 0.691. The average Bonchev–Trinajstić information content (AvgIpc) is 3.36. The van der Waals surface area contributed by atoms with Crippen molar-refractivity contribution in [3.63, 3.8) is 0 Å². The van der Waals surface area contributed by atoms with Crippen molar-refractivity contribution in [2.45, 2.75) is 25.0 Å². The van der Waals surface area contributed by atoms with Gasteiger partial charge in [0.1, 0.15) is 5.82 Å². The van der Waals surface area contributed by atoms with Gasteiger partial charge in [0.05, 0.1) is 42.2 Å². The molecule has 1 aliphatic heterocycles. The minimum absolute atomic E-state index is 0.0401. The van der Waals surface area contributed by atoms with Crippen LogP contribution in [0, 0.1) is 11.8 Å². The van der Waals surface area contributed by atoms with Crippen LogP contribution in [0.3, 0.4) is 0 Å². The molecule has 2 aliphatic rings. The van der Waals surface area contributed by atoms with Crippen LogP contribution in [-0.4, -0.2) is 51.9 Å². The second-order valence-electron chi connectivity index (χ2n) is 8.07. The van der Waals surface area contributed by atoms with E-state index in [1.165, 1.54) is 7.11 Å². The topological polar surface area (TPSA) is 80.5 Å². The molecule has 0 spiro atoms. The third-order valence-corrected chi connectivity index (χ3v) is 6.44. The van der Waals surface area contributed by atoms with Crippen LogP contribution in [0.2, 0.25) is 0 Å². The van der Waals surface area contributed by atoms with E-state index in [-0.39, 0.29) is 18.1 Å². The first kappa shape index (κ1) is 18.1. The van der Waals surface area contributed by atoms with E-state index in [9.17, 15) is 9.90 Å². The van der Waals surface area contributed by atoms with Gasteiger partial charge in [0.25, 0.3) is 0 Å². The maximum atomic E-state index is 11.6. The molecule has 7 nitrogen and oxygen atoms in total. The normalized spacial score (nSPS) is 26.5. The van der Waals surface area contributed by atoms with Crippen LogP contribution in [0.25, 0.3) is 11.0 Å². The van der Waals surface area contributed by atoms with Crippen molar-refractivity contribution in [3.05, 3.63) is 54.5 Å². The summed E-state index contributed by atoms with van der Waals surface area (Å²) in [5.74, 6) is 1.42. The Kier molecular flexibility index (Phi) is 4.47. The van der Waals surface area contributed by atoms with E-state index < -0.39 is 0 Å². The number of aromatic nitrogens is 3. The molecule has 1 aromatic carbocycles. The minimum atomic E-state index is -0.386. The van der Waals surface area contributed by atoms with Crippen LogP contribution in [-0.2, 0) is 4.74 Å². The number of benzene rings is 1. The molecule has 0 unspecified atom stereocenters. The van der Waals surface area contributed by atoms with Gasteiger partial charge >= 0.3 is 5.97 Å². The molecular formula is C22H24N4O3. The molecule has 0 bridgehead atoms. The second-order valence-corrected chi connectivity index (χ2v) is 8.07. The third kappa shape index (κ3) is 3.15. The van der Waals surface area contributed by atoms with Crippen molar-refractivity contribution in [3.8, 4) is 0 Å². The zero-order valence-electron chi connectivity index (χ0n) is 16.3. The Bertz CT molecular complexity index is 1030. The van der Waals surface area contributed by atoms with Crippen molar-refractivity contribution in [1.82, 2.24) is 14.5 Å². The van der Waals surface area contributed by atoms with Crippen LogP contribution in [0.1, 0.15) is 29.2 Å². The summed E-state index contributed by atoms with van der Waals surface area (Å²) in [5.41, 5.74) is 2.49. The number of anilines is 1. The van der Waals surface area contributed by atoms with Crippen molar-refractivity contribution >= 4 is 22.8 Å². The van der Waals surface area contributed by atoms with Crippen LogP contribution in [0.15, 0.2) is 48.9 Å². The van der Waals surface area contributed by atoms with Crippen molar-refractivity contribution in [1.29, 1.82) is 0 Å². The third-order valence-electron chi connectivity index (χ3n) is 6.44. The Balaban J connectivity index is 1.34. The predicted molar refractivity (Wildman–Crippen MR) is 109 cm³/mol. The van der Waals surface area contributed by atoms with Crippen LogP contribution in [0.4, 0.5) is 5.82 Å². The number of hydrogen-bond donors (Lipinski definition) is 1. The largest absolute Gasteiger partial charge is 0.465 e. The molecule has 4 atom stereocenters. The number of fused-ring (bicyclic) bond motifs is 2. The summed E-state index contributed by atoms with van der Waals surface area (Å²) in [4.78, 5) is 22.8. The monoisotopic (exact) mass is 392 g/mol. The summed E-state index contributed by atoms with van der Waals surface area (Å²) in [6.45, 7) is 1.79. The van der Waals surface area contributed by atoms with Gasteiger partial charge in [-0.2, -0.15) is 0 Å². The molecular weight excluding hydrogens is 368 g/mol. The van der Waals surface area contributed by atoms with Gasteiger partial charge < -0.3 is 19.3 Å². The van der Waals surface area contributed by atoms with Gasteiger partial charge in [-0.25, -0.2) is 14.8 Å². The number of methoxy groups -OCH3 is 1. The molecule has 0 radical (unpaired) electrons. The summed E-state index contributed by atoms with van der Waals surface area (Å²) in [6.07, 6.45) is 4.74. The first-order chi connectivity index (χ1) is 14.1. The fourth-order valence-corrected chi connectivity index (χ4v) is 4.95. The lowest BCUT2D eigenvalue weighted by molar-refractivity contribution is 0.0375. The molecule has 1 aliphatic carbocycles. The molecule has 7 heteroatoms. The Hall–Kier alpha value is -2.93. The number of para-hydroxylation sites is 2. The molecule has 3 heterocycles. The zero-order valence-corrected chi connectivity index (χ0v) is 16.3. The SMILES string of the molecule is COC(=O)c1ccc(N2C[C@H]3C[C@@H](n4cnc5ccccc54)[C@H](O)C[C@H]3C2)nc1. The lowest BCUT2D eigenvalue weighted by Gasteiger charge is -2.36. The second kappa shape index (κ2) is 7.15. The number of pyridine rings is 1. The lowest BCUT2D eigenvalue weighted by Crippen LogP contribution is -2.36. The van der Waals surface area contributed by atoms with E-state index in [0.717, 1.165) is 42.8 Å². The van der Waals surface area contributed by atoms with Gasteiger partial charge in [-0.05, 0) is 48.9 Å². The fourth-order valence-electron chi connectivity index (χ4n) is 4.95. The zero-order chi connectivity index (χ0) is 20.0. The first-order valence-corrected chi connectivity index (χ1v) is 10.0. The van der Waals surface area contributed by atoms with Gasteiger partial charge in [-0.1, -0.05) is 12.1 Å². The van der Waals surface area contributed by atoms with E-state index in [0.29, 0.717) is 17.4 Å². The number of aliphatic hydroxyl groups excluding tert-OH is 1. The number of esters is 1. The highest BCUT2D eigenvalue weighted by Crippen LogP contribution is 2.43. The number of ether oxygens (including phenoxy) is 1. The van der Waals surface area contributed by atoms with Crippen molar-refractivity contribution in [2.24, 2.45) is 11.8 Å². The first-order valence-electron chi connectivity index (χ1n) is 10.0. The predicted octanol–water partition coefficient (Wildman–Crippen LogP) is 2.67. The number of rotatable bonds is 3. The number of carbonyl (C=O) groups excluding carboxylic acids is 1. The highest BCUT2D eigenvalue weighted by molar-refractivity contribution is 5.89. The van der Waals surface area contributed by atoms with E-state index in [1.54, 1.807) is 12.3 Å². The summed E-state index contributed by atoms with van der Waals surface area (Å²) in [6, 6.07) is 11.7. The lowest BCUT2D eigenvalue weighted by atomic mass is 9.77. The smallest absolute Gasteiger partial charge is 0.339 e. The number of hydrogen-bond acceptors (Lipinski definition) is 6. The molecule has 1 saturated heterocycles. The Morgan fingerprint density at radius 2 is 1.90 bits per heavy atom. The minimum Gasteiger partial charge on any atom is -0.465 e. The molecule has 1 N–H and O–H groups in total. The van der Waals surface area contributed by atoms with Crippen molar-refractivity contribution in [2.75, 3.05) is 25.1 Å².